The number of alkyl carbamates (subject to hydrolysis) is 1. The van der Waals surface area contributed by atoms with Gasteiger partial charge in [0.05, 0.1) is 80.9 Å². The fourth-order valence-electron chi connectivity index (χ4n) is 12.3. The molecule has 0 spiro atoms. The zero-order chi connectivity index (χ0) is 64.1. The minimum atomic E-state index is -2.45. The van der Waals surface area contributed by atoms with E-state index in [1.807, 2.05) is 0 Å². The van der Waals surface area contributed by atoms with Gasteiger partial charge in [0.1, 0.15) is 41.7 Å². The van der Waals surface area contributed by atoms with E-state index in [0.29, 0.717) is 45.7 Å². The maximum atomic E-state index is 15.3. The Hall–Kier alpha value is -6.03. The van der Waals surface area contributed by atoms with E-state index in [9.17, 15) is 54.0 Å². The Balaban J connectivity index is 1.23. The number of carbonyl (C=O) groups is 8. The average molecular weight is 1240 g/mol. The maximum Gasteiger partial charge on any atom is 0.408 e. The smallest absolute Gasteiger partial charge is 0.408 e. The summed E-state index contributed by atoms with van der Waals surface area (Å²) in [7, 11) is 1.57. The summed E-state index contributed by atoms with van der Waals surface area (Å²) in [5.41, 5.74) is -8.47. The molecule has 0 radical (unpaired) electrons. The number of Topliss-reactive ketones (excluding diaryl/α,β-unsaturated/α-hetero) is 1. The van der Waals surface area contributed by atoms with Crippen molar-refractivity contribution in [1.82, 2.24) is 16.0 Å². The molecule has 1 heterocycles. The molecule has 1 saturated heterocycles. The summed E-state index contributed by atoms with van der Waals surface area (Å²) in [6.45, 7) is 15.0. The van der Waals surface area contributed by atoms with Gasteiger partial charge in [-0.15, -0.1) is 11.8 Å². The molecule has 2 aromatic carbocycles. The van der Waals surface area contributed by atoms with E-state index in [-0.39, 0.29) is 72.3 Å². The number of thioether (sulfide) groups is 1. The van der Waals surface area contributed by atoms with Gasteiger partial charge < -0.3 is 79.0 Å². The Labute approximate surface area is 511 Å². The first-order valence-electron chi connectivity index (χ1n) is 29.3. The van der Waals surface area contributed by atoms with Gasteiger partial charge >= 0.3 is 30.0 Å². The molecule has 482 valence electrons. The van der Waals surface area contributed by atoms with Crippen LogP contribution in [0.2, 0.25) is 0 Å². The molecule has 3 aliphatic carbocycles. The number of benzene rings is 2. The van der Waals surface area contributed by atoms with E-state index in [1.165, 1.54) is 32.9 Å². The minimum Gasteiger partial charge on any atom is -0.455 e. The van der Waals surface area contributed by atoms with E-state index in [1.54, 1.807) is 90.3 Å². The molecule has 3 amide bonds. The molecule has 87 heavy (non-hydrogen) atoms. The number of fused-ring (bicyclic) bond motifs is 5. The predicted octanol–water partition coefficient (Wildman–Crippen LogP) is 3.77. The van der Waals surface area contributed by atoms with Crippen molar-refractivity contribution in [1.29, 1.82) is 0 Å². The quantitative estimate of drug-likeness (QED) is 0.0264. The van der Waals surface area contributed by atoms with Crippen molar-refractivity contribution in [3.8, 4) is 0 Å². The van der Waals surface area contributed by atoms with Gasteiger partial charge in [-0.1, -0.05) is 69.3 Å². The number of hydrogen-bond donors (Lipinski definition) is 7. The summed E-state index contributed by atoms with van der Waals surface area (Å²) in [6.07, 6.45) is -12.4. The van der Waals surface area contributed by atoms with Crippen LogP contribution in [0, 0.1) is 16.7 Å². The van der Waals surface area contributed by atoms with Crippen LogP contribution >= 0.6 is 11.8 Å². The number of aliphatic hydroxyl groups excluding tert-OH is 3. The number of esters is 4. The maximum absolute atomic E-state index is 15.3. The molecule has 7 N–H and O–H groups in total. The van der Waals surface area contributed by atoms with Crippen molar-refractivity contribution in [2.24, 2.45) is 16.7 Å². The molecule has 25 heteroatoms. The first-order chi connectivity index (χ1) is 41.0. The summed E-state index contributed by atoms with van der Waals surface area (Å²) >= 11 is 0.860. The molecule has 3 unspecified atom stereocenters. The molecule has 2 bridgehead atoms. The van der Waals surface area contributed by atoms with Crippen LogP contribution < -0.4 is 16.0 Å². The highest BCUT2D eigenvalue weighted by Crippen LogP contribution is 2.65. The van der Waals surface area contributed by atoms with Gasteiger partial charge in [-0.2, -0.15) is 0 Å². The topological polar surface area (TPSA) is 337 Å². The largest absolute Gasteiger partial charge is 0.455 e. The molecule has 2 aromatic rings. The van der Waals surface area contributed by atoms with Crippen LogP contribution in [-0.2, 0) is 71.4 Å². The molecular formula is C62H87N3O21S. The predicted molar refractivity (Wildman–Crippen MR) is 313 cm³/mol. The first-order valence-corrected chi connectivity index (χ1v) is 30.5. The Morgan fingerprint density at radius 1 is 0.816 bits per heavy atom. The van der Waals surface area contributed by atoms with Gasteiger partial charge in [0.15, 0.2) is 11.4 Å². The van der Waals surface area contributed by atoms with Crippen LogP contribution in [0.1, 0.15) is 123 Å². The third kappa shape index (κ3) is 16.8. The molecule has 0 aromatic heterocycles. The van der Waals surface area contributed by atoms with Crippen LogP contribution in [0.25, 0.3) is 0 Å². The molecular weight excluding hydrogens is 1150 g/mol. The number of amides is 3. The zero-order valence-corrected chi connectivity index (χ0v) is 52.1. The van der Waals surface area contributed by atoms with Crippen LogP contribution in [0.4, 0.5) is 4.79 Å². The molecule has 3 fully saturated rings. The first kappa shape index (κ1) is 70.1. The van der Waals surface area contributed by atoms with E-state index in [2.05, 4.69) is 16.0 Å². The summed E-state index contributed by atoms with van der Waals surface area (Å²) in [5, 5.41) is 59.4. The fourth-order valence-corrected chi connectivity index (χ4v) is 12.9. The number of ketones is 1. The number of unbranched alkanes of at least 4 members (excludes halogenated alkanes) is 1. The van der Waals surface area contributed by atoms with Gasteiger partial charge in [0.25, 0.3) is 0 Å². The number of nitrogens with one attached hydrogen (secondary N) is 3. The van der Waals surface area contributed by atoms with Crippen LogP contribution in [0.3, 0.4) is 0 Å². The highest BCUT2D eigenvalue weighted by molar-refractivity contribution is 8.00. The van der Waals surface area contributed by atoms with Crippen LogP contribution in [-0.4, -0.2) is 198 Å². The van der Waals surface area contributed by atoms with E-state index >= 15 is 4.79 Å². The van der Waals surface area contributed by atoms with Gasteiger partial charge in [-0.3, -0.25) is 24.0 Å². The van der Waals surface area contributed by atoms with Crippen molar-refractivity contribution in [3.63, 3.8) is 0 Å². The Morgan fingerprint density at radius 3 is 2.07 bits per heavy atom. The molecule has 24 nitrogen and oxygen atoms in total. The summed E-state index contributed by atoms with van der Waals surface area (Å²) in [6, 6.07) is 13.6. The number of methoxy groups -OCH3 is 1. The summed E-state index contributed by atoms with van der Waals surface area (Å²) in [5.74, 6) is -7.28. The Bertz CT molecular complexity index is 2760. The van der Waals surface area contributed by atoms with Gasteiger partial charge in [0.2, 0.25) is 17.9 Å². The number of aliphatic hydroxyl groups is 4. The lowest BCUT2D eigenvalue weighted by Gasteiger charge is -2.69. The lowest BCUT2D eigenvalue weighted by Crippen LogP contribution is -2.82. The third-order valence-electron chi connectivity index (χ3n) is 16.8. The molecule has 1 aliphatic heterocycles. The Morgan fingerprint density at radius 2 is 1.46 bits per heavy atom. The van der Waals surface area contributed by atoms with Crippen LogP contribution in [0.15, 0.2) is 71.8 Å². The lowest BCUT2D eigenvalue weighted by atomic mass is 9.44. The van der Waals surface area contributed by atoms with Gasteiger partial charge in [-0.05, 0) is 82.7 Å². The second-order valence-electron chi connectivity index (χ2n) is 24.3. The zero-order valence-electron chi connectivity index (χ0n) is 51.3. The lowest BCUT2D eigenvalue weighted by molar-refractivity contribution is -0.365. The normalized spacial score (nSPS) is 27.4. The standard InChI is InChI=1S/C62H87N3O21S/c1-36-42(32-62(77)54(84-55(74)40-21-15-12-16-22-40)52-60(9,53(73)50(72)48(36)59(62,7)8)43(68)31-44-61(52,35-81-44)85-38(3)67)82-56(75)51(49(39-19-13-11-14-20-39)65-57(76)86-58(4,5)6)83-47(71)34-87-33-46(70)63-25-18-17-23-41(37(2)66)64-45(69)24-26-79-29-30-80-28-27-78-10/h11-16,19-22,41-44,49-54,68,72-73,77H,17-18,23-35H2,1-10H3,(H,63,70)(H,64,69)(H,65,76)/t41?,42?,43-,44+,49-,50+,51?,52-,53+,54-,60+,61-,62+/m0/s1. The summed E-state index contributed by atoms with van der Waals surface area (Å²) < 4.78 is 52.1. The third-order valence-corrected chi connectivity index (χ3v) is 17.7. The van der Waals surface area contributed by atoms with Gasteiger partial charge in [-0.25, -0.2) is 14.4 Å². The van der Waals surface area contributed by atoms with Crippen molar-refractivity contribution in [3.05, 3.63) is 82.9 Å². The average Bonchev–Trinajstić information content (AvgIpc) is 0.693. The van der Waals surface area contributed by atoms with E-state index in [4.69, 9.17) is 42.6 Å². The summed E-state index contributed by atoms with van der Waals surface area (Å²) in [4.78, 5) is 108. The second-order valence-corrected chi connectivity index (χ2v) is 25.3. The van der Waals surface area contributed by atoms with E-state index in [0.717, 1.165) is 18.7 Å². The van der Waals surface area contributed by atoms with Crippen molar-refractivity contribution >= 4 is 59.3 Å². The number of ether oxygens (including phenoxy) is 9. The van der Waals surface area contributed by atoms with Crippen molar-refractivity contribution in [2.75, 3.05) is 64.8 Å². The number of rotatable bonds is 29. The minimum absolute atomic E-state index is 0.0455. The van der Waals surface area contributed by atoms with Crippen molar-refractivity contribution in [2.45, 2.75) is 172 Å². The van der Waals surface area contributed by atoms with Gasteiger partial charge in [0, 0.05) is 50.7 Å². The molecule has 13 atom stereocenters. The highest BCUT2D eigenvalue weighted by Gasteiger charge is 2.78. The molecule has 6 rings (SSSR count). The Kier molecular flexibility index (Phi) is 24.5. The van der Waals surface area contributed by atoms with Crippen molar-refractivity contribution < 1.29 is 101 Å². The highest BCUT2D eigenvalue weighted by atomic mass is 32.2. The molecule has 4 aliphatic rings. The monoisotopic (exact) mass is 1240 g/mol. The second kappa shape index (κ2) is 30.5. The number of hydrogen-bond acceptors (Lipinski definition) is 22. The van der Waals surface area contributed by atoms with Crippen LogP contribution in [0.5, 0.6) is 0 Å². The van der Waals surface area contributed by atoms with E-state index < -0.39 is 136 Å². The fraction of sp³-hybridized carbons (Fsp3) is 0.645. The number of carbonyl (C=O) groups excluding carboxylic acids is 8. The SMILES string of the molecule is COCCOCCOCCC(=O)NC(CCCCNC(=O)CSCC(=O)OC(C(=O)OC1C[C@@]2(O)[C@@H](OC(=O)c3ccccc3)[C@@H]3[C@]4(OC(C)=O)CO[C@@H]4C[C@H](O)[C@@]3(C)[C@H](O)[C@H](O)C(=C1C)C2(C)C)[C@@H](NC(=O)OC(C)(C)C)c1ccccc1)C(C)=O. The molecule has 2 saturated carbocycles.